The van der Waals surface area contributed by atoms with Crippen molar-refractivity contribution in [1.29, 1.82) is 0 Å². The molecule has 19 heavy (non-hydrogen) atoms. The smallest absolute Gasteiger partial charge is 0.226 e. The van der Waals surface area contributed by atoms with Crippen LogP contribution < -0.4 is 5.32 Å². The number of amides is 1. The average Bonchev–Trinajstić information content (AvgIpc) is 2.38. The lowest BCUT2D eigenvalue weighted by molar-refractivity contribution is -0.142. The summed E-state index contributed by atoms with van der Waals surface area (Å²) in [5, 5.41) is 3.50. The minimum atomic E-state index is 0.195. The van der Waals surface area contributed by atoms with Crippen LogP contribution in [0.25, 0.3) is 0 Å². The molecule has 2 aliphatic rings. The van der Waals surface area contributed by atoms with Crippen LogP contribution in [0, 0.1) is 11.3 Å². The zero-order valence-corrected chi connectivity index (χ0v) is 12.9. The number of carbonyl (C=O) groups is 1. The van der Waals surface area contributed by atoms with E-state index < -0.39 is 0 Å². The molecule has 1 saturated carbocycles. The van der Waals surface area contributed by atoms with Crippen molar-refractivity contribution in [2.45, 2.75) is 65.3 Å². The van der Waals surface area contributed by atoms with E-state index in [-0.39, 0.29) is 11.3 Å². The lowest BCUT2D eigenvalue weighted by atomic mass is 9.68. The molecule has 1 saturated heterocycles. The van der Waals surface area contributed by atoms with Gasteiger partial charge in [-0.2, -0.15) is 0 Å². The Kier molecular flexibility index (Phi) is 4.88. The first-order valence-electron chi connectivity index (χ1n) is 8.07. The maximum absolute atomic E-state index is 12.8. The summed E-state index contributed by atoms with van der Waals surface area (Å²) in [6, 6.07) is 0.509. The van der Waals surface area contributed by atoms with Crippen molar-refractivity contribution in [2.75, 3.05) is 19.6 Å². The van der Waals surface area contributed by atoms with E-state index in [1.165, 1.54) is 25.7 Å². The molecule has 2 unspecified atom stereocenters. The van der Waals surface area contributed by atoms with Crippen molar-refractivity contribution in [3.63, 3.8) is 0 Å². The summed E-state index contributed by atoms with van der Waals surface area (Å²) in [6.07, 6.45) is 7.17. The fraction of sp³-hybridized carbons (Fsp3) is 0.938. The van der Waals surface area contributed by atoms with Crippen molar-refractivity contribution in [1.82, 2.24) is 10.2 Å². The summed E-state index contributed by atoms with van der Waals surface area (Å²) in [4.78, 5) is 15.0. The third-order valence-corrected chi connectivity index (χ3v) is 5.03. The first-order chi connectivity index (χ1) is 9.04. The summed E-state index contributed by atoms with van der Waals surface area (Å²) >= 11 is 0. The van der Waals surface area contributed by atoms with Gasteiger partial charge in [0.15, 0.2) is 0 Å². The molecule has 1 N–H and O–H groups in total. The molecule has 0 aromatic carbocycles. The number of carbonyl (C=O) groups excluding carboxylic acids is 1. The molecule has 1 heterocycles. The Hall–Kier alpha value is -0.570. The van der Waals surface area contributed by atoms with E-state index in [2.05, 4.69) is 31.0 Å². The summed E-state index contributed by atoms with van der Waals surface area (Å²) in [7, 11) is 0. The Bertz CT molecular complexity index is 312. The third-order valence-electron chi connectivity index (χ3n) is 5.03. The zero-order valence-electron chi connectivity index (χ0n) is 12.9. The van der Waals surface area contributed by atoms with Gasteiger partial charge in [0.1, 0.15) is 0 Å². The van der Waals surface area contributed by atoms with E-state index in [0.29, 0.717) is 11.9 Å². The Morgan fingerprint density at radius 3 is 2.74 bits per heavy atom. The van der Waals surface area contributed by atoms with Gasteiger partial charge in [0, 0.05) is 25.0 Å². The van der Waals surface area contributed by atoms with Gasteiger partial charge in [-0.25, -0.2) is 0 Å². The second kappa shape index (κ2) is 6.25. The lowest BCUT2D eigenvalue weighted by Crippen LogP contribution is -2.51. The predicted molar refractivity (Wildman–Crippen MR) is 79.0 cm³/mol. The lowest BCUT2D eigenvalue weighted by Gasteiger charge is -2.42. The molecule has 1 aliphatic carbocycles. The molecule has 110 valence electrons. The topological polar surface area (TPSA) is 32.3 Å². The molecular weight excluding hydrogens is 236 g/mol. The molecular formula is C16H30N2O. The molecule has 3 nitrogen and oxygen atoms in total. The van der Waals surface area contributed by atoms with Gasteiger partial charge < -0.3 is 10.2 Å². The monoisotopic (exact) mass is 266 g/mol. The van der Waals surface area contributed by atoms with Crippen molar-refractivity contribution >= 4 is 5.91 Å². The fourth-order valence-electron chi connectivity index (χ4n) is 3.80. The summed E-state index contributed by atoms with van der Waals surface area (Å²) in [5.74, 6) is 0.675. The van der Waals surface area contributed by atoms with Crippen LogP contribution in [0.5, 0.6) is 0 Å². The van der Waals surface area contributed by atoms with Crippen molar-refractivity contribution in [3.8, 4) is 0 Å². The Balaban J connectivity index is 1.98. The van der Waals surface area contributed by atoms with Crippen molar-refractivity contribution in [3.05, 3.63) is 0 Å². The number of nitrogens with zero attached hydrogens (tertiary/aromatic N) is 1. The maximum Gasteiger partial charge on any atom is 0.226 e. The highest BCUT2D eigenvalue weighted by atomic mass is 16.2. The highest BCUT2D eigenvalue weighted by Crippen LogP contribution is 2.41. The van der Waals surface area contributed by atoms with Gasteiger partial charge in [0.25, 0.3) is 0 Å². The van der Waals surface area contributed by atoms with E-state index in [0.717, 1.165) is 32.5 Å². The van der Waals surface area contributed by atoms with Crippen LogP contribution in [-0.4, -0.2) is 36.5 Å². The highest BCUT2D eigenvalue weighted by Gasteiger charge is 2.39. The van der Waals surface area contributed by atoms with Gasteiger partial charge in [0.2, 0.25) is 5.91 Å². The van der Waals surface area contributed by atoms with Gasteiger partial charge in [-0.05, 0) is 37.6 Å². The van der Waals surface area contributed by atoms with Gasteiger partial charge in [0.05, 0.1) is 0 Å². The fourth-order valence-corrected chi connectivity index (χ4v) is 3.80. The van der Waals surface area contributed by atoms with Gasteiger partial charge in [-0.15, -0.1) is 0 Å². The molecule has 0 aromatic heterocycles. The number of likely N-dealkylation sites (N-methyl/N-ethyl adjacent to an activating group) is 1. The van der Waals surface area contributed by atoms with Crippen LogP contribution in [0.3, 0.4) is 0 Å². The van der Waals surface area contributed by atoms with Crippen LogP contribution in [-0.2, 0) is 4.79 Å². The second-order valence-corrected chi connectivity index (χ2v) is 6.97. The summed E-state index contributed by atoms with van der Waals surface area (Å²) in [6.45, 7) is 9.58. The van der Waals surface area contributed by atoms with Gasteiger partial charge >= 0.3 is 0 Å². The maximum atomic E-state index is 12.8. The standard InChI is InChI=1S/C16H30N2O/c1-4-17-13-8-7-11-18(12-13)15(19)14-9-5-6-10-16(14,2)3/h13-14,17H,4-12H2,1-3H3. The third kappa shape index (κ3) is 3.50. The van der Waals surface area contributed by atoms with Crippen LogP contribution in [0.1, 0.15) is 59.3 Å². The molecule has 3 heteroatoms. The molecule has 0 aromatic rings. The number of hydrogen-bond donors (Lipinski definition) is 1. The molecule has 0 spiro atoms. The van der Waals surface area contributed by atoms with E-state index in [9.17, 15) is 4.79 Å². The Morgan fingerprint density at radius 2 is 2.05 bits per heavy atom. The average molecular weight is 266 g/mol. The number of rotatable bonds is 3. The van der Waals surface area contributed by atoms with Crippen LogP contribution >= 0.6 is 0 Å². The molecule has 1 amide bonds. The number of piperidine rings is 1. The Morgan fingerprint density at radius 1 is 1.26 bits per heavy atom. The Labute approximate surface area is 118 Å². The quantitative estimate of drug-likeness (QED) is 0.852. The van der Waals surface area contributed by atoms with Crippen LogP contribution in [0.4, 0.5) is 0 Å². The first-order valence-corrected chi connectivity index (χ1v) is 8.07. The minimum absolute atomic E-state index is 0.195. The molecule has 2 rings (SSSR count). The molecule has 2 atom stereocenters. The van der Waals surface area contributed by atoms with Crippen LogP contribution in [0.2, 0.25) is 0 Å². The van der Waals surface area contributed by atoms with Crippen LogP contribution in [0.15, 0.2) is 0 Å². The number of nitrogens with one attached hydrogen (secondary N) is 1. The minimum Gasteiger partial charge on any atom is -0.341 e. The summed E-state index contributed by atoms with van der Waals surface area (Å²) in [5.41, 5.74) is 0.195. The van der Waals surface area contributed by atoms with E-state index in [4.69, 9.17) is 0 Å². The van der Waals surface area contributed by atoms with Crippen molar-refractivity contribution < 1.29 is 4.79 Å². The molecule has 2 fully saturated rings. The molecule has 0 radical (unpaired) electrons. The van der Waals surface area contributed by atoms with E-state index >= 15 is 0 Å². The molecule has 0 bridgehead atoms. The molecule has 1 aliphatic heterocycles. The van der Waals surface area contributed by atoms with E-state index in [1.807, 2.05) is 0 Å². The highest BCUT2D eigenvalue weighted by molar-refractivity contribution is 5.80. The zero-order chi connectivity index (χ0) is 13.9. The normalized spacial score (nSPS) is 31.2. The van der Waals surface area contributed by atoms with Gasteiger partial charge in [-0.1, -0.05) is 33.6 Å². The number of likely N-dealkylation sites (tertiary alicyclic amines) is 1. The largest absolute Gasteiger partial charge is 0.341 e. The SMILES string of the molecule is CCNC1CCCN(C(=O)C2CCCCC2(C)C)C1. The first kappa shape index (κ1) is 14.8. The predicted octanol–water partition coefficient (Wildman–Crippen LogP) is 2.80. The number of hydrogen-bond acceptors (Lipinski definition) is 2. The van der Waals surface area contributed by atoms with Crippen molar-refractivity contribution in [2.24, 2.45) is 11.3 Å². The van der Waals surface area contributed by atoms with E-state index in [1.54, 1.807) is 0 Å². The summed E-state index contributed by atoms with van der Waals surface area (Å²) < 4.78 is 0. The van der Waals surface area contributed by atoms with Gasteiger partial charge in [-0.3, -0.25) is 4.79 Å². The second-order valence-electron chi connectivity index (χ2n) is 6.97.